The second kappa shape index (κ2) is 47.1. The van der Waals surface area contributed by atoms with Crippen molar-refractivity contribution in [2.45, 2.75) is 308 Å². The summed E-state index contributed by atoms with van der Waals surface area (Å²) in [4.78, 5) is 12.5. The van der Waals surface area contributed by atoms with Crippen molar-refractivity contribution in [3.05, 3.63) is 12.2 Å². The van der Waals surface area contributed by atoms with Crippen LogP contribution in [0.25, 0.3) is 0 Å². The predicted octanol–water partition coefficient (Wildman–Crippen LogP) is 14.5. The minimum atomic E-state index is -1.26. The van der Waals surface area contributed by atoms with E-state index in [2.05, 4.69) is 31.3 Å². The highest BCUT2D eigenvalue weighted by Crippen LogP contribution is 2.18. The number of hydrogen-bond acceptors (Lipinski definition) is 5. The molecule has 0 spiro atoms. The van der Waals surface area contributed by atoms with Gasteiger partial charge in [0.25, 0.3) is 0 Å². The van der Waals surface area contributed by atoms with Crippen LogP contribution in [0.3, 0.4) is 0 Å². The first kappa shape index (κ1) is 57.1. The highest BCUT2D eigenvalue weighted by molar-refractivity contribution is 5.80. The van der Waals surface area contributed by atoms with Crippen molar-refractivity contribution in [3.63, 3.8) is 0 Å². The Bertz CT molecular complexity index is 837. The van der Waals surface area contributed by atoms with Gasteiger partial charge >= 0.3 is 0 Å². The number of hydrogen-bond donors (Lipinski definition) is 5. The number of aliphatic hydroxyl groups is 4. The monoisotopic (exact) mass is 822 g/mol. The zero-order valence-electron chi connectivity index (χ0n) is 39.1. The summed E-state index contributed by atoms with van der Waals surface area (Å²) in [7, 11) is 0. The van der Waals surface area contributed by atoms with E-state index in [1.54, 1.807) is 0 Å². The molecule has 0 radical (unpaired) electrons. The van der Waals surface area contributed by atoms with Crippen LogP contribution in [0.2, 0.25) is 0 Å². The summed E-state index contributed by atoms with van der Waals surface area (Å²) >= 11 is 0. The van der Waals surface area contributed by atoms with Crippen molar-refractivity contribution in [3.8, 4) is 0 Å². The van der Waals surface area contributed by atoms with Gasteiger partial charge in [0.2, 0.25) is 5.91 Å². The van der Waals surface area contributed by atoms with Gasteiger partial charge in [-0.1, -0.05) is 257 Å². The fourth-order valence-electron chi connectivity index (χ4n) is 8.34. The van der Waals surface area contributed by atoms with Gasteiger partial charge in [-0.3, -0.25) is 4.79 Å². The van der Waals surface area contributed by atoms with E-state index in [-0.39, 0.29) is 0 Å². The molecule has 0 aliphatic heterocycles. The number of carbonyl (C=O) groups excluding carboxylic acids is 1. The number of allylic oxidation sites excluding steroid dienone is 2. The molecule has 0 heterocycles. The maximum absolute atomic E-state index is 12.5. The van der Waals surface area contributed by atoms with Gasteiger partial charge < -0.3 is 25.7 Å². The van der Waals surface area contributed by atoms with Gasteiger partial charge in [0.1, 0.15) is 12.2 Å². The molecule has 6 heteroatoms. The summed E-state index contributed by atoms with van der Waals surface area (Å²) in [6.07, 6.45) is 54.3. The van der Waals surface area contributed by atoms with Crippen LogP contribution in [0.15, 0.2) is 12.2 Å². The van der Waals surface area contributed by atoms with E-state index < -0.39 is 36.9 Å². The molecule has 5 N–H and O–H groups in total. The van der Waals surface area contributed by atoms with E-state index in [0.717, 1.165) is 57.8 Å². The Morgan fingerprint density at radius 3 is 1.03 bits per heavy atom. The second-order valence-electron chi connectivity index (χ2n) is 18.2. The molecule has 346 valence electrons. The van der Waals surface area contributed by atoms with Gasteiger partial charge in [-0.25, -0.2) is 0 Å². The predicted molar refractivity (Wildman–Crippen MR) is 251 cm³/mol. The summed E-state index contributed by atoms with van der Waals surface area (Å²) in [6, 6.07) is -0.986. The molecule has 0 saturated heterocycles. The Hall–Kier alpha value is -0.950. The van der Waals surface area contributed by atoms with Gasteiger partial charge in [-0.2, -0.15) is 0 Å². The van der Waals surface area contributed by atoms with Crippen molar-refractivity contribution in [1.29, 1.82) is 0 Å². The molecule has 0 aromatic heterocycles. The lowest BCUT2D eigenvalue weighted by molar-refractivity contribution is -0.132. The molecule has 0 aliphatic carbocycles. The molecule has 0 aromatic rings. The summed E-state index contributed by atoms with van der Waals surface area (Å²) in [6.45, 7) is 4.03. The lowest BCUT2D eigenvalue weighted by Crippen LogP contribution is -2.53. The number of rotatable bonds is 48. The zero-order valence-corrected chi connectivity index (χ0v) is 39.1. The Morgan fingerprint density at radius 1 is 0.414 bits per heavy atom. The molecule has 0 rings (SSSR count). The van der Waals surface area contributed by atoms with Crippen molar-refractivity contribution < 1.29 is 25.2 Å². The van der Waals surface area contributed by atoms with Gasteiger partial charge in [0, 0.05) is 0 Å². The summed E-state index contributed by atoms with van der Waals surface area (Å²) in [5, 5.41) is 43.7. The normalized spacial score (nSPS) is 14.0. The van der Waals surface area contributed by atoms with Gasteiger partial charge in [-0.15, -0.1) is 0 Å². The van der Waals surface area contributed by atoms with Crippen molar-refractivity contribution >= 4 is 5.91 Å². The number of amides is 1. The molecule has 6 nitrogen and oxygen atoms in total. The quantitative estimate of drug-likeness (QED) is 0.0310. The zero-order chi connectivity index (χ0) is 42.4. The third-order valence-electron chi connectivity index (χ3n) is 12.5. The van der Waals surface area contributed by atoms with Gasteiger partial charge in [0.05, 0.1) is 18.8 Å². The van der Waals surface area contributed by atoms with Crippen LogP contribution in [0.1, 0.15) is 284 Å². The molecule has 58 heavy (non-hydrogen) atoms. The maximum atomic E-state index is 12.5. The molecule has 0 fully saturated rings. The number of carbonyl (C=O) groups is 1. The minimum Gasteiger partial charge on any atom is -0.394 e. The highest BCUT2D eigenvalue weighted by Gasteiger charge is 2.28. The average molecular weight is 822 g/mol. The van der Waals surface area contributed by atoms with Crippen molar-refractivity contribution in [2.75, 3.05) is 6.61 Å². The SMILES string of the molecule is CCCCC/C=C\CCCCCCC(O)C(=O)NC(CO)C(O)C(O)CCCCCCCCCCCCCCCCCCCCCCCCCCCCCCCCC. The highest BCUT2D eigenvalue weighted by atomic mass is 16.3. The molecule has 1 amide bonds. The number of aliphatic hydroxyl groups excluding tert-OH is 4. The number of unbranched alkanes of at least 4 members (excludes halogenated alkanes) is 37. The second-order valence-corrected chi connectivity index (χ2v) is 18.2. The van der Waals surface area contributed by atoms with Crippen LogP contribution in [0.4, 0.5) is 0 Å². The van der Waals surface area contributed by atoms with E-state index in [0.29, 0.717) is 12.8 Å². The molecular formula is C52H103NO5. The van der Waals surface area contributed by atoms with E-state index >= 15 is 0 Å². The van der Waals surface area contributed by atoms with E-state index in [1.165, 1.54) is 199 Å². The van der Waals surface area contributed by atoms with E-state index in [9.17, 15) is 25.2 Å². The lowest BCUT2D eigenvalue weighted by Gasteiger charge is -2.27. The third kappa shape index (κ3) is 40.5. The lowest BCUT2D eigenvalue weighted by atomic mass is 9.99. The third-order valence-corrected chi connectivity index (χ3v) is 12.5. The van der Waals surface area contributed by atoms with Gasteiger partial charge in [-0.05, 0) is 38.5 Å². The van der Waals surface area contributed by atoms with Crippen LogP contribution >= 0.6 is 0 Å². The minimum absolute atomic E-state index is 0.356. The first-order chi connectivity index (χ1) is 28.5. The standard InChI is InChI=1S/C52H103NO5/c1-3-5-7-9-11-13-15-16-17-18-19-20-21-22-23-24-25-26-27-28-29-30-31-32-33-34-36-37-39-41-43-45-49(55)51(57)48(47-54)53-52(58)50(56)46-44-42-40-38-35-14-12-10-8-6-4-2/h12,14,48-51,54-57H,3-11,13,15-47H2,1-2H3,(H,53,58)/b14-12-. The average Bonchev–Trinajstić information content (AvgIpc) is 3.23. The fraction of sp³-hybridized carbons (Fsp3) is 0.942. The van der Waals surface area contributed by atoms with Crippen molar-refractivity contribution in [1.82, 2.24) is 5.32 Å². The molecule has 0 aromatic carbocycles. The Balaban J connectivity index is 3.53. The fourth-order valence-corrected chi connectivity index (χ4v) is 8.34. The van der Waals surface area contributed by atoms with Crippen LogP contribution in [-0.4, -0.2) is 57.3 Å². The topological polar surface area (TPSA) is 110 Å². The first-order valence-corrected chi connectivity index (χ1v) is 26.1. The van der Waals surface area contributed by atoms with Crippen LogP contribution in [0.5, 0.6) is 0 Å². The van der Waals surface area contributed by atoms with Crippen molar-refractivity contribution in [2.24, 2.45) is 0 Å². The van der Waals surface area contributed by atoms with Crippen LogP contribution in [0, 0.1) is 0 Å². The molecule has 0 aliphatic rings. The summed E-state index contributed by atoms with van der Waals surface area (Å²) < 4.78 is 0. The molecule has 0 saturated carbocycles. The summed E-state index contributed by atoms with van der Waals surface area (Å²) in [5.74, 6) is -0.591. The van der Waals surface area contributed by atoms with E-state index in [1.807, 2.05) is 0 Å². The molecular weight excluding hydrogens is 719 g/mol. The van der Waals surface area contributed by atoms with Gasteiger partial charge in [0.15, 0.2) is 0 Å². The molecule has 0 bridgehead atoms. The maximum Gasteiger partial charge on any atom is 0.249 e. The largest absolute Gasteiger partial charge is 0.394 e. The smallest absolute Gasteiger partial charge is 0.249 e. The Morgan fingerprint density at radius 2 is 0.690 bits per heavy atom. The molecule has 4 unspecified atom stereocenters. The van der Waals surface area contributed by atoms with Crippen LogP contribution < -0.4 is 5.32 Å². The Kier molecular flexibility index (Phi) is 46.3. The summed E-state index contributed by atoms with van der Waals surface area (Å²) in [5.41, 5.74) is 0. The Labute approximate surface area is 362 Å². The first-order valence-electron chi connectivity index (χ1n) is 26.1. The number of nitrogens with one attached hydrogen (secondary N) is 1. The van der Waals surface area contributed by atoms with Crippen LogP contribution in [-0.2, 0) is 4.79 Å². The molecule has 4 atom stereocenters. The van der Waals surface area contributed by atoms with E-state index in [4.69, 9.17) is 0 Å².